The maximum absolute atomic E-state index is 13.8. The lowest BCUT2D eigenvalue weighted by atomic mass is 9.96. The van der Waals surface area contributed by atoms with Crippen LogP contribution in [0.5, 0.6) is 11.5 Å². The van der Waals surface area contributed by atoms with Gasteiger partial charge in [-0.15, -0.1) is 0 Å². The number of aryl methyl sites for hydroxylation is 1. The van der Waals surface area contributed by atoms with Gasteiger partial charge in [0.15, 0.2) is 5.82 Å². The molecule has 0 aliphatic heterocycles. The van der Waals surface area contributed by atoms with E-state index in [0.717, 1.165) is 22.4 Å². The molecule has 0 N–H and O–H groups in total. The van der Waals surface area contributed by atoms with E-state index < -0.39 is 4.92 Å². The van der Waals surface area contributed by atoms with Gasteiger partial charge in [0.25, 0.3) is 11.2 Å². The lowest BCUT2D eigenvalue weighted by Crippen LogP contribution is -2.20. The third kappa shape index (κ3) is 6.44. The van der Waals surface area contributed by atoms with E-state index in [1.165, 1.54) is 16.8 Å². The number of nitro benzene ring substituents is 1. The highest BCUT2D eigenvalue weighted by molar-refractivity contribution is 9.11. The fourth-order valence-electron chi connectivity index (χ4n) is 4.80. The van der Waals surface area contributed by atoms with E-state index in [2.05, 4.69) is 50.8 Å². The molecule has 44 heavy (non-hydrogen) atoms. The predicted molar refractivity (Wildman–Crippen MR) is 179 cm³/mol. The number of rotatable bonds is 9. The third-order valence-corrected chi connectivity index (χ3v) is 8.22. The fourth-order valence-corrected chi connectivity index (χ4v) is 6.25. The first-order valence-corrected chi connectivity index (χ1v) is 15.3. The largest absolute Gasteiger partial charge is 0.496 e. The second-order valence-corrected chi connectivity index (χ2v) is 12.1. The Morgan fingerprint density at radius 3 is 2.45 bits per heavy atom. The molecule has 9 nitrogen and oxygen atoms in total. The number of aromatic nitrogens is 2. The Hall–Kier alpha value is -4.35. The van der Waals surface area contributed by atoms with Gasteiger partial charge >= 0.3 is 0 Å². The Kier molecular flexibility index (Phi) is 9.26. The Bertz CT molecular complexity index is 1970. The third-order valence-electron chi connectivity index (χ3n) is 7.04. The smallest absolute Gasteiger partial charge is 0.282 e. The Labute approximate surface area is 270 Å². The second kappa shape index (κ2) is 13.1. The van der Waals surface area contributed by atoms with Gasteiger partial charge in [-0.3, -0.25) is 14.9 Å². The van der Waals surface area contributed by atoms with Crippen LogP contribution in [0, 0.1) is 17.0 Å². The maximum atomic E-state index is 13.8. The van der Waals surface area contributed by atoms with Gasteiger partial charge in [-0.05, 0) is 103 Å². The quantitative estimate of drug-likeness (QED) is 0.0860. The van der Waals surface area contributed by atoms with Crippen LogP contribution in [0.1, 0.15) is 42.0 Å². The molecule has 0 saturated heterocycles. The molecule has 4 aromatic carbocycles. The molecular weight excluding hydrogens is 692 g/mol. The number of nitro groups is 1. The van der Waals surface area contributed by atoms with Gasteiger partial charge in [0.2, 0.25) is 0 Å². The number of halogens is 2. The van der Waals surface area contributed by atoms with Crippen LogP contribution in [0.4, 0.5) is 5.69 Å². The number of hydrogen-bond donors (Lipinski definition) is 0. The molecular formula is C33H28Br2N4O5. The number of methoxy groups -OCH3 is 1. The minimum absolute atomic E-state index is 0.00107. The van der Waals surface area contributed by atoms with Crippen molar-refractivity contribution in [3.8, 4) is 22.9 Å². The van der Waals surface area contributed by atoms with Gasteiger partial charge in [0.1, 0.15) is 18.1 Å². The number of non-ortho nitro benzene ring substituents is 1. The van der Waals surface area contributed by atoms with Crippen molar-refractivity contribution < 1.29 is 14.4 Å². The Morgan fingerprint density at radius 1 is 1.05 bits per heavy atom. The van der Waals surface area contributed by atoms with Crippen molar-refractivity contribution in [3.63, 3.8) is 0 Å². The zero-order valence-corrected chi connectivity index (χ0v) is 27.5. The first-order chi connectivity index (χ1) is 21.1. The molecule has 0 spiro atoms. The van der Waals surface area contributed by atoms with E-state index in [4.69, 9.17) is 14.5 Å². The van der Waals surface area contributed by atoms with E-state index in [-0.39, 0.29) is 23.8 Å². The zero-order valence-electron chi connectivity index (χ0n) is 24.4. The summed E-state index contributed by atoms with van der Waals surface area (Å²) in [6, 6.07) is 21.1. The predicted octanol–water partition coefficient (Wildman–Crippen LogP) is 8.40. The first-order valence-electron chi connectivity index (χ1n) is 13.7. The highest BCUT2D eigenvalue weighted by Crippen LogP contribution is 2.36. The molecule has 0 radical (unpaired) electrons. The summed E-state index contributed by atoms with van der Waals surface area (Å²) in [5.41, 5.74) is 4.31. The number of para-hydroxylation sites is 1. The number of hydrogen-bond acceptors (Lipinski definition) is 7. The summed E-state index contributed by atoms with van der Waals surface area (Å²) < 4.78 is 14.2. The van der Waals surface area contributed by atoms with Gasteiger partial charge in [-0.25, -0.2) is 4.98 Å². The Balaban J connectivity index is 1.54. The second-order valence-electron chi connectivity index (χ2n) is 10.4. The Morgan fingerprint density at radius 2 is 1.77 bits per heavy atom. The van der Waals surface area contributed by atoms with Crippen LogP contribution in [0.15, 0.2) is 91.6 Å². The molecule has 5 rings (SSSR count). The molecule has 0 unspecified atom stereocenters. The molecule has 224 valence electrons. The van der Waals surface area contributed by atoms with Crippen LogP contribution < -0.4 is 15.0 Å². The number of benzene rings is 4. The molecule has 0 aliphatic rings. The summed E-state index contributed by atoms with van der Waals surface area (Å²) in [7, 11) is 1.65. The minimum Gasteiger partial charge on any atom is -0.496 e. The van der Waals surface area contributed by atoms with Crippen LogP contribution in [-0.2, 0) is 6.61 Å². The van der Waals surface area contributed by atoms with Crippen molar-refractivity contribution in [2.75, 3.05) is 7.11 Å². The van der Waals surface area contributed by atoms with E-state index in [1.807, 2.05) is 43.3 Å². The summed E-state index contributed by atoms with van der Waals surface area (Å²) in [6.07, 6.45) is 1.59. The molecule has 1 heterocycles. The van der Waals surface area contributed by atoms with Crippen molar-refractivity contribution in [1.82, 2.24) is 9.66 Å². The van der Waals surface area contributed by atoms with Crippen LogP contribution in [0.3, 0.4) is 0 Å². The zero-order chi connectivity index (χ0) is 31.5. The summed E-state index contributed by atoms with van der Waals surface area (Å²) in [4.78, 5) is 29.3. The van der Waals surface area contributed by atoms with Gasteiger partial charge in [0, 0.05) is 17.7 Å². The number of fused-ring (bicyclic) bond motifs is 1. The molecule has 0 amide bonds. The molecule has 0 saturated carbocycles. The minimum atomic E-state index is -0.440. The van der Waals surface area contributed by atoms with Crippen LogP contribution in [-0.4, -0.2) is 27.9 Å². The van der Waals surface area contributed by atoms with Crippen LogP contribution >= 0.6 is 31.9 Å². The van der Waals surface area contributed by atoms with Gasteiger partial charge in [-0.1, -0.05) is 38.1 Å². The standard InChI is InChI=1S/C33H28Br2N4O5/c1-19(2)25-16-26(20(3)12-30(25)43-4)32-37-29-11-6-5-10-24(29)33(40)38(32)36-17-22-14-27(34)31(28(35)15-22)44-18-21-8-7-9-23(13-21)39(41)42/h5-17,19H,18H2,1-4H3. The first kappa shape index (κ1) is 31.1. The molecule has 1 aromatic heterocycles. The van der Waals surface area contributed by atoms with E-state index >= 15 is 0 Å². The highest BCUT2D eigenvalue weighted by atomic mass is 79.9. The van der Waals surface area contributed by atoms with Crippen LogP contribution in [0.25, 0.3) is 22.3 Å². The average Bonchev–Trinajstić information content (AvgIpc) is 3.00. The van der Waals surface area contributed by atoms with Crippen molar-refractivity contribution in [3.05, 3.63) is 124 Å². The summed E-state index contributed by atoms with van der Waals surface area (Å²) in [5.74, 6) is 1.90. The molecule has 0 bridgehead atoms. The van der Waals surface area contributed by atoms with Crippen molar-refractivity contribution >= 4 is 54.7 Å². The van der Waals surface area contributed by atoms with Crippen LogP contribution in [0.2, 0.25) is 0 Å². The normalized spacial score (nSPS) is 11.4. The topological polar surface area (TPSA) is 109 Å². The molecule has 0 fully saturated rings. The molecule has 5 aromatic rings. The monoisotopic (exact) mass is 718 g/mol. The molecule has 0 atom stereocenters. The van der Waals surface area contributed by atoms with Gasteiger partial charge < -0.3 is 9.47 Å². The van der Waals surface area contributed by atoms with Gasteiger partial charge in [0.05, 0.1) is 38.1 Å². The SMILES string of the molecule is COc1cc(C)c(-c2nc3ccccc3c(=O)n2N=Cc2cc(Br)c(OCc3cccc([N+](=O)[O-])c3)c(Br)c2)cc1C(C)C. The van der Waals surface area contributed by atoms with Crippen molar-refractivity contribution in [2.45, 2.75) is 33.3 Å². The fraction of sp³-hybridized carbons (Fsp3) is 0.182. The number of ether oxygens (including phenoxy) is 2. The lowest BCUT2D eigenvalue weighted by molar-refractivity contribution is -0.384. The summed E-state index contributed by atoms with van der Waals surface area (Å²) in [5, 5.41) is 16.2. The van der Waals surface area contributed by atoms with Crippen molar-refractivity contribution in [2.24, 2.45) is 5.10 Å². The summed E-state index contributed by atoms with van der Waals surface area (Å²) in [6.45, 7) is 6.26. The lowest BCUT2D eigenvalue weighted by Gasteiger charge is -2.17. The van der Waals surface area contributed by atoms with E-state index in [1.54, 1.807) is 37.6 Å². The van der Waals surface area contributed by atoms with E-state index in [0.29, 0.717) is 42.5 Å². The number of nitrogens with zero attached hydrogens (tertiary/aromatic N) is 4. The highest BCUT2D eigenvalue weighted by Gasteiger charge is 2.19. The average molecular weight is 720 g/mol. The molecule has 11 heteroatoms. The molecule has 0 aliphatic carbocycles. The van der Waals surface area contributed by atoms with Gasteiger partial charge in [-0.2, -0.15) is 9.78 Å². The summed E-state index contributed by atoms with van der Waals surface area (Å²) >= 11 is 7.12. The van der Waals surface area contributed by atoms with E-state index in [9.17, 15) is 14.9 Å². The van der Waals surface area contributed by atoms with Crippen molar-refractivity contribution in [1.29, 1.82) is 0 Å². The maximum Gasteiger partial charge on any atom is 0.282 e.